The van der Waals surface area contributed by atoms with Crippen LogP contribution in [0.2, 0.25) is 0 Å². The molecule has 3 rings (SSSR count). The first-order valence-corrected chi connectivity index (χ1v) is 6.72. The van der Waals surface area contributed by atoms with Gasteiger partial charge in [0, 0.05) is 6.54 Å². The van der Waals surface area contributed by atoms with E-state index >= 15 is 0 Å². The fourth-order valence-corrected chi connectivity index (χ4v) is 2.49. The SMILES string of the molecule is C[C@H]1COC(C)(C)CN1C(=O)c1cccc2nncn12. The van der Waals surface area contributed by atoms with Gasteiger partial charge in [0.2, 0.25) is 0 Å². The maximum atomic E-state index is 12.8. The van der Waals surface area contributed by atoms with Gasteiger partial charge in [-0.1, -0.05) is 6.07 Å². The van der Waals surface area contributed by atoms with E-state index in [1.54, 1.807) is 16.8 Å². The number of morpholine rings is 1. The third-order valence-corrected chi connectivity index (χ3v) is 3.61. The van der Waals surface area contributed by atoms with E-state index in [4.69, 9.17) is 4.74 Å². The molecule has 0 aromatic carbocycles. The maximum Gasteiger partial charge on any atom is 0.271 e. The Bertz CT molecular complexity index is 649. The number of fused-ring (bicyclic) bond motifs is 1. The first-order valence-electron chi connectivity index (χ1n) is 6.72. The Morgan fingerprint density at radius 2 is 2.25 bits per heavy atom. The predicted molar refractivity (Wildman–Crippen MR) is 73.5 cm³/mol. The number of ether oxygens (including phenoxy) is 1. The van der Waals surface area contributed by atoms with Crippen molar-refractivity contribution >= 4 is 11.6 Å². The molecule has 1 atom stereocenters. The smallest absolute Gasteiger partial charge is 0.271 e. The van der Waals surface area contributed by atoms with Crippen molar-refractivity contribution in [2.75, 3.05) is 13.2 Å². The molecule has 1 saturated heterocycles. The maximum absolute atomic E-state index is 12.8. The molecule has 2 aromatic rings. The van der Waals surface area contributed by atoms with Crippen molar-refractivity contribution in [1.82, 2.24) is 19.5 Å². The van der Waals surface area contributed by atoms with Gasteiger partial charge in [0.25, 0.3) is 5.91 Å². The summed E-state index contributed by atoms with van der Waals surface area (Å²) in [5.41, 5.74) is 0.941. The number of nitrogens with zero attached hydrogens (tertiary/aromatic N) is 4. The highest BCUT2D eigenvalue weighted by Gasteiger charge is 2.35. The number of aromatic nitrogens is 3. The molecule has 0 N–H and O–H groups in total. The minimum absolute atomic E-state index is 0.0146. The van der Waals surface area contributed by atoms with Crippen LogP contribution < -0.4 is 0 Å². The Kier molecular flexibility index (Phi) is 2.97. The van der Waals surface area contributed by atoms with Crippen molar-refractivity contribution in [2.45, 2.75) is 32.4 Å². The normalized spacial score (nSPS) is 22.1. The van der Waals surface area contributed by atoms with Crippen LogP contribution in [-0.4, -0.2) is 50.2 Å². The average Bonchev–Trinajstić information content (AvgIpc) is 2.89. The molecule has 1 aliphatic heterocycles. The van der Waals surface area contributed by atoms with Crippen LogP contribution in [0.3, 0.4) is 0 Å². The number of pyridine rings is 1. The van der Waals surface area contributed by atoms with Crippen LogP contribution in [0.15, 0.2) is 24.5 Å². The Balaban J connectivity index is 1.97. The van der Waals surface area contributed by atoms with Gasteiger partial charge in [-0.05, 0) is 32.9 Å². The molecule has 20 heavy (non-hydrogen) atoms. The molecule has 1 fully saturated rings. The number of hydrogen-bond acceptors (Lipinski definition) is 4. The van der Waals surface area contributed by atoms with E-state index in [0.29, 0.717) is 24.5 Å². The number of hydrogen-bond donors (Lipinski definition) is 0. The Hall–Kier alpha value is -1.95. The molecule has 6 nitrogen and oxygen atoms in total. The zero-order valence-electron chi connectivity index (χ0n) is 11.9. The zero-order valence-corrected chi connectivity index (χ0v) is 11.9. The Morgan fingerprint density at radius 3 is 3.05 bits per heavy atom. The molecule has 6 heteroatoms. The van der Waals surface area contributed by atoms with Crippen LogP contribution in [0.5, 0.6) is 0 Å². The summed E-state index contributed by atoms with van der Waals surface area (Å²) < 4.78 is 7.46. The quantitative estimate of drug-likeness (QED) is 0.788. The first kappa shape index (κ1) is 13.1. The highest BCUT2D eigenvalue weighted by molar-refractivity contribution is 5.93. The van der Waals surface area contributed by atoms with Gasteiger partial charge in [0.1, 0.15) is 12.0 Å². The van der Waals surface area contributed by atoms with Crippen LogP contribution in [0.4, 0.5) is 0 Å². The van der Waals surface area contributed by atoms with Gasteiger partial charge < -0.3 is 9.64 Å². The minimum Gasteiger partial charge on any atom is -0.372 e. The van der Waals surface area contributed by atoms with Crippen LogP contribution in [0, 0.1) is 0 Å². The second-order valence-corrected chi connectivity index (χ2v) is 5.82. The van der Waals surface area contributed by atoms with E-state index in [2.05, 4.69) is 10.2 Å². The van der Waals surface area contributed by atoms with Gasteiger partial charge in [-0.25, -0.2) is 0 Å². The number of carbonyl (C=O) groups is 1. The fraction of sp³-hybridized carbons (Fsp3) is 0.500. The van der Waals surface area contributed by atoms with E-state index in [-0.39, 0.29) is 17.6 Å². The van der Waals surface area contributed by atoms with Crippen molar-refractivity contribution in [3.8, 4) is 0 Å². The molecule has 0 bridgehead atoms. The zero-order chi connectivity index (χ0) is 14.3. The van der Waals surface area contributed by atoms with Gasteiger partial charge in [-0.2, -0.15) is 0 Å². The molecule has 106 valence electrons. The summed E-state index contributed by atoms with van der Waals surface area (Å²) in [5.74, 6) is -0.0146. The summed E-state index contributed by atoms with van der Waals surface area (Å²) in [5, 5.41) is 7.83. The largest absolute Gasteiger partial charge is 0.372 e. The molecule has 1 amide bonds. The van der Waals surface area contributed by atoms with Crippen LogP contribution in [-0.2, 0) is 4.74 Å². The molecule has 0 aliphatic carbocycles. The summed E-state index contributed by atoms with van der Waals surface area (Å²) in [7, 11) is 0. The molecular weight excluding hydrogens is 256 g/mol. The van der Waals surface area contributed by atoms with Crippen molar-refractivity contribution in [3.63, 3.8) is 0 Å². The summed E-state index contributed by atoms with van der Waals surface area (Å²) in [6.45, 7) is 7.12. The summed E-state index contributed by atoms with van der Waals surface area (Å²) >= 11 is 0. The highest BCUT2D eigenvalue weighted by atomic mass is 16.5. The molecule has 0 spiro atoms. The van der Waals surface area contributed by atoms with E-state index in [1.165, 1.54) is 0 Å². The summed E-state index contributed by atoms with van der Waals surface area (Å²) in [6.07, 6.45) is 1.57. The van der Waals surface area contributed by atoms with Crippen molar-refractivity contribution in [1.29, 1.82) is 0 Å². The molecule has 0 saturated carbocycles. The van der Waals surface area contributed by atoms with Crippen LogP contribution in [0.1, 0.15) is 31.3 Å². The van der Waals surface area contributed by atoms with Gasteiger partial charge in [0.15, 0.2) is 5.65 Å². The van der Waals surface area contributed by atoms with E-state index in [9.17, 15) is 4.79 Å². The number of rotatable bonds is 1. The third-order valence-electron chi connectivity index (χ3n) is 3.61. The van der Waals surface area contributed by atoms with Gasteiger partial charge in [-0.15, -0.1) is 10.2 Å². The Labute approximate surface area is 117 Å². The number of carbonyl (C=O) groups excluding carboxylic acids is 1. The monoisotopic (exact) mass is 274 g/mol. The van der Waals surface area contributed by atoms with E-state index in [1.807, 2.05) is 37.8 Å². The lowest BCUT2D eigenvalue weighted by atomic mass is 10.0. The molecular formula is C14H18N4O2. The molecule has 2 aromatic heterocycles. The van der Waals surface area contributed by atoms with Crippen LogP contribution >= 0.6 is 0 Å². The molecule has 0 radical (unpaired) electrons. The first-order chi connectivity index (χ1) is 9.48. The average molecular weight is 274 g/mol. The standard InChI is InChI=1S/C14H18N4O2/c1-10-7-20-14(2,3)8-17(10)13(19)11-5-4-6-12-16-15-9-18(11)12/h4-6,9-10H,7-8H2,1-3H3/t10-/m0/s1. The van der Waals surface area contributed by atoms with E-state index < -0.39 is 0 Å². The van der Waals surface area contributed by atoms with Gasteiger partial charge in [0.05, 0.1) is 18.2 Å². The van der Waals surface area contributed by atoms with Gasteiger partial charge >= 0.3 is 0 Å². The Morgan fingerprint density at radius 1 is 1.45 bits per heavy atom. The summed E-state index contributed by atoms with van der Waals surface area (Å²) in [6, 6.07) is 5.51. The number of amides is 1. The highest BCUT2D eigenvalue weighted by Crippen LogP contribution is 2.22. The van der Waals surface area contributed by atoms with Crippen molar-refractivity contribution in [2.24, 2.45) is 0 Å². The molecule has 3 heterocycles. The van der Waals surface area contributed by atoms with Crippen molar-refractivity contribution < 1.29 is 9.53 Å². The van der Waals surface area contributed by atoms with Crippen molar-refractivity contribution in [3.05, 3.63) is 30.2 Å². The predicted octanol–water partition coefficient (Wildman–Crippen LogP) is 1.37. The van der Waals surface area contributed by atoms with Gasteiger partial charge in [-0.3, -0.25) is 9.20 Å². The van der Waals surface area contributed by atoms with E-state index in [0.717, 1.165) is 0 Å². The lowest BCUT2D eigenvalue weighted by molar-refractivity contribution is -0.0981. The lowest BCUT2D eigenvalue weighted by Gasteiger charge is -2.42. The third kappa shape index (κ3) is 2.16. The summed E-state index contributed by atoms with van der Waals surface area (Å²) in [4.78, 5) is 14.7. The topological polar surface area (TPSA) is 59.7 Å². The second kappa shape index (κ2) is 4.56. The van der Waals surface area contributed by atoms with Crippen LogP contribution in [0.25, 0.3) is 5.65 Å². The lowest BCUT2D eigenvalue weighted by Crippen LogP contribution is -2.55. The second-order valence-electron chi connectivity index (χ2n) is 5.82. The molecule has 1 aliphatic rings. The molecule has 0 unspecified atom stereocenters. The fourth-order valence-electron chi connectivity index (χ4n) is 2.49. The minimum atomic E-state index is -0.316.